The van der Waals surface area contributed by atoms with Crippen molar-refractivity contribution in [1.29, 1.82) is 0 Å². The van der Waals surface area contributed by atoms with Gasteiger partial charge in [-0.15, -0.1) is 0 Å². The van der Waals surface area contributed by atoms with Gasteiger partial charge in [0.15, 0.2) is 0 Å². The Balaban J connectivity index is 1.78. The van der Waals surface area contributed by atoms with Gasteiger partial charge >= 0.3 is 0 Å². The lowest BCUT2D eigenvalue weighted by molar-refractivity contribution is -0.120. The van der Waals surface area contributed by atoms with Crippen molar-refractivity contribution < 1.29 is 9.59 Å². The van der Waals surface area contributed by atoms with Crippen LogP contribution in [0.25, 0.3) is 0 Å². The summed E-state index contributed by atoms with van der Waals surface area (Å²) in [4.78, 5) is 29.2. The van der Waals surface area contributed by atoms with Crippen molar-refractivity contribution in [3.63, 3.8) is 0 Å². The monoisotopic (exact) mass is 482 g/mol. The molecule has 0 fully saturated rings. The first-order valence-corrected chi connectivity index (χ1v) is 11.5. The largest absolute Gasteiger partial charge is 0.350 e. The van der Waals surface area contributed by atoms with Crippen LogP contribution in [0.3, 0.4) is 0 Å². The molecule has 1 N–H and O–H groups in total. The van der Waals surface area contributed by atoms with Crippen LogP contribution in [0.4, 0.5) is 11.4 Å². The van der Waals surface area contributed by atoms with Gasteiger partial charge in [-0.1, -0.05) is 53.2 Å². The van der Waals surface area contributed by atoms with E-state index in [-0.39, 0.29) is 5.70 Å². The summed E-state index contributed by atoms with van der Waals surface area (Å²) in [6.45, 7) is 5.80. The molecule has 3 aromatic rings. The number of rotatable bonds is 5. The maximum atomic E-state index is 13.5. The number of imide groups is 1. The summed E-state index contributed by atoms with van der Waals surface area (Å²) in [5.41, 5.74) is 4.33. The van der Waals surface area contributed by atoms with E-state index in [2.05, 4.69) is 5.32 Å². The van der Waals surface area contributed by atoms with Crippen LogP contribution in [0.1, 0.15) is 16.7 Å². The fourth-order valence-corrected chi connectivity index (χ4v) is 4.52. The molecule has 0 spiro atoms. The Labute approximate surface area is 201 Å². The standard InChI is InChI=1S/C25H20Cl2N2O2S/c1-14-4-5-16(3)21(12-14)28-22-23(32-19-10-7-17(26)8-11-19)25(31)29(24(22)30)18-9-6-15(2)20(27)13-18/h4-13,28H,1-3H3. The summed E-state index contributed by atoms with van der Waals surface area (Å²) >= 11 is 13.5. The van der Waals surface area contributed by atoms with Crippen molar-refractivity contribution in [1.82, 2.24) is 0 Å². The molecule has 32 heavy (non-hydrogen) atoms. The van der Waals surface area contributed by atoms with Gasteiger partial charge in [0.2, 0.25) is 0 Å². The Kier molecular flexibility index (Phi) is 6.33. The van der Waals surface area contributed by atoms with E-state index >= 15 is 0 Å². The molecule has 0 saturated carbocycles. The highest BCUT2D eigenvalue weighted by molar-refractivity contribution is 8.04. The predicted octanol–water partition coefficient (Wildman–Crippen LogP) is 6.91. The van der Waals surface area contributed by atoms with Crippen LogP contribution < -0.4 is 10.2 Å². The highest BCUT2D eigenvalue weighted by atomic mass is 35.5. The Bertz CT molecular complexity index is 1270. The van der Waals surface area contributed by atoms with Crippen molar-refractivity contribution in [2.45, 2.75) is 25.7 Å². The average Bonchev–Trinajstić information content (AvgIpc) is 2.98. The number of anilines is 2. The minimum atomic E-state index is -0.424. The number of carbonyl (C=O) groups excluding carboxylic acids is 2. The quantitative estimate of drug-likeness (QED) is 0.401. The zero-order valence-electron chi connectivity index (χ0n) is 17.7. The SMILES string of the molecule is Cc1ccc(C)c(NC2=C(Sc3ccc(Cl)cc3)C(=O)N(c3ccc(C)c(Cl)c3)C2=O)c1. The van der Waals surface area contributed by atoms with E-state index in [1.807, 2.05) is 51.1 Å². The predicted molar refractivity (Wildman–Crippen MR) is 133 cm³/mol. The van der Waals surface area contributed by atoms with Gasteiger partial charge in [0, 0.05) is 20.6 Å². The van der Waals surface area contributed by atoms with Gasteiger partial charge in [-0.05, 0) is 79.9 Å². The molecule has 0 aromatic heterocycles. The summed E-state index contributed by atoms with van der Waals surface area (Å²) in [5.74, 6) is -0.824. The lowest BCUT2D eigenvalue weighted by Gasteiger charge is -2.16. The minimum Gasteiger partial charge on any atom is -0.350 e. The first-order chi connectivity index (χ1) is 15.2. The van der Waals surface area contributed by atoms with E-state index in [1.54, 1.807) is 30.3 Å². The number of hydrogen-bond donors (Lipinski definition) is 1. The maximum Gasteiger partial charge on any atom is 0.283 e. The third-order valence-electron chi connectivity index (χ3n) is 5.14. The van der Waals surface area contributed by atoms with E-state index in [4.69, 9.17) is 23.2 Å². The topological polar surface area (TPSA) is 49.4 Å². The van der Waals surface area contributed by atoms with E-state index in [0.29, 0.717) is 20.6 Å². The highest BCUT2D eigenvalue weighted by Gasteiger charge is 2.40. The molecule has 4 nitrogen and oxygen atoms in total. The number of thioether (sulfide) groups is 1. The molecule has 1 heterocycles. The van der Waals surface area contributed by atoms with Gasteiger partial charge in [0.1, 0.15) is 10.6 Å². The first-order valence-electron chi connectivity index (χ1n) is 9.91. The molecule has 3 aromatic carbocycles. The van der Waals surface area contributed by atoms with Gasteiger partial charge in [0.25, 0.3) is 11.8 Å². The van der Waals surface area contributed by atoms with Gasteiger partial charge in [-0.2, -0.15) is 0 Å². The van der Waals surface area contributed by atoms with Crippen molar-refractivity contribution in [3.8, 4) is 0 Å². The van der Waals surface area contributed by atoms with Crippen molar-refractivity contribution in [2.75, 3.05) is 10.2 Å². The third-order valence-corrected chi connectivity index (χ3v) is 6.89. The van der Waals surface area contributed by atoms with Gasteiger partial charge < -0.3 is 5.32 Å². The number of amides is 2. The summed E-state index contributed by atoms with van der Waals surface area (Å²) in [6.07, 6.45) is 0. The fourth-order valence-electron chi connectivity index (χ4n) is 3.30. The van der Waals surface area contributed by atoms with Crippen LogP contribution in [0.15, 0.2) is 76.2 Å². The minimum absolute atomic E-state index is 0.236. The van der Waals surface area contributed by atoms with Crippen molar-refractivity contribution >= 4 is 58.2 Å². The van der Waals surface area contributed by atoms with Crippen LogP contribution in [0, 0.1) is 20.8 Å². The molecular weight excluding hydrogens is 463 g/mol. The Hall–Kier alpha value is -2.73. The van der Waals surface area contributed by atoms with Crippen LogP contribution in [-0.4, -0.2) is 11.8 Å². The highest BCUT2D eigenvalue weighted by Crippen LogP contribution is 2.39. The van der Waals surface area contributed by atoms with Gasteiger partial charge in [0.05, 0.1) is 5.69 Å². The summed E-state index contributed by atoms with van der Waals surface area (Å²) in [5, 5.41) is 4.32. The number of hydrogen-bond acceptors (Lipinski definition) is 4. The van der Waals surface area contributed by atoms with E-state index in [0.717, 1.165) is 32.2 Å². The molecular formula is C25H20Cl2N2O2S. The molecule has 4 rings (SSSR count). The molecule has 1 aliphatic heterocycles. The molecule has 162 valence electrons. The molecule has 1 aliphatic rings. The summed E-state index contributed by atoms with van der Waals surface area (Å²) in [6, 6.07) is 18.2. The fraction of sp³-hybridized carbons (Fsp3) is 0.120. The second-order valence-corrected chi connectivity index (χ2v) is 9.51. The zero-order chi connectivity index (χ0) is 23.0. The number of aryl methyl sites for hydroxylation is 3. The van der Waals surface area contributed by atoms with Crippen molar-refractivity contribution in [3.05, 3.63) is 98.0 Å². The van der Waals surface area contributed by atoms with Gasteiger partial charge in [-0.3, -0.25) is 9.59 Å². The number of nitrogens with zero attached hydrogens (tertiary/aromatic N) is 1. The molecule has 0 aliphatic carbocycles. The molecule has 0 unspecified atom stereocenters. The van der Waals surface area contributed by atoms with Crippen LogP contribution >= 0.6 is 35.0 Å². The van der Waals surface area contributed by atoms with E-state index < -0.39 is 11.8 Å². The van der Waals surface area contributed by atoms with Crippen LogP contribution in [0.2, 0.25) is 10.0 Å². The van der Waals surface area contributed by atoms with E-state index in [9.17, 15) is 9.59 Å². The number of nitrogens with one attached hydrogen (secondary N) is 1. The molecule has 0 radical (unpaired) electrons. The van der Waals surface area contributed by atoms with Crippen molar-refractivity contribution in [2.24, 2.45) is 0 Å². The second kappa shape index (κ2) is 9.02. The second-order valence-electron chi connectivity index (χ2n) is 7.58. The average molecular weight is 483 g/mol. The van der Waals surface area contributed by atoms with Gasteiger partial charge in [-0.25, -0.2) is 4.90 Å². The smallest absolute Gasteiger partial charge is 0.283 e. The Morgan fingerprint density at radius 1 is 0.812 bits per heavy atom. The number of halogens is 2. The number of carbonyl (C=O) groups is 2. The molecule has 7 heteroatoms. The lowest BCUT2D eigenvalue weighted by Crippen LogP contribution is -2.32. The number of benzene rings is 3. The van der Waals surface area contributed by atoms with Crippen LogP contribution in [0.5, 0.6) is 0 Å². The van der Waals surface area contributed by atoms with E-state index in [1.165, 1.54) is 11.8 Å². The Morgan fingerprint density at radius 2 is 1.50 bits per heavy atom. The normalized spacial score (nSPS) is 13.8. The molecule has 0 bridgehead atoms. The third kappa shape index (κ3) is 4.42. The zero-order valence-corrected chi connectivity index (χ0v) is 20.0. The summed E-state index contributed by atoms with van der Waals surface area (Å²) in [7, 11) is 0. The molecule has 2 amide bonds. The maximum absolute atomic E-state index is 13.5. The molecule has 0 atom stereocenters. The lowest BCUT2D eigenvalue weighted by atomic mass is 10.1. The Morgan fingerprint density at radius 3 is 2.19 bits per heavy atom. The molecule has 0 saturated heterocycles. The first kappa shape index (κ1) is 22.5. The van der Waals surface area contributed by atoms with Crippen LogP contribution in [-0.2, 0) is 9.59 Å². The summed E-state index contributed by atoms with van der Waals surface area (Å²) < 4.78 is 0.